The van der Waals surface area contributed by atoms with Crippen LogP contribution in [0.2, 0.25) is 0 Å². The van der Waals surface area contributed by atoms with Gasteiger partial charge in [-0.3, -0.25) is 19.7 Å². The molecule has 3 aromatic carbocycles. The lowest BCUT2D eigenvalue weighted by atomic mass is 10.1. The quantitative estimate of drug-likeness (QED) is 0.487. The summed E-state index contributed by atoms with van der Waals surface area (Å²) in [6.07, 6.45) is 0. The molecule has 1 N–H and O–H groups in total. The summed E-state index contributed by atoms with van der Waals surface area (Å²) in [7, 11) is 1.69. The van der Waals surface area contributed by atoms with Crippen molar-refractivity contribution in [3.8, 4) is 0 Å². The number of amides is 2. The van der Waals surface area contributed by atoms with E-state index >= 15 is 0 Å². The van der Waals surface area contributed by atoms with Crippen LogP contribution in [0.15, 0.2) is 72.8 Å². The van der Waals surface area contributed by atoms with Gasteiger partial charge < -0.3 is 10.2 Å². The van der Waals surface area contributed by atoms with Crippen LogP contribution >= 0.6 is 0 Å². The predicted molar refractivity (Wildman–Crippen MR) is 114 cm³/mol. The van der Waals surface area contributed by atoms with E-state index in [2.05, 4.69) is 5.32 Å². The number of aryl methyl sites for hydroxylation is 1. The molecule has 0 atom stereocenters. The Morgan fingerprint density at radius 2 is 1.67 bits per heavy atom. The average Bonchev–Trinajstić information content (AvgIpc) is 2.74. The highest BCUT2D eigenvalue weighted by Gasteiger charge is 2.19. The highest BCUT2D eigenvalue weighted by Crippen LogP contribution is 2.22. The summed E-state index contributed by atoms with van der Waals surface area (Å²) < 4.78 is 0. The summed E-state index contributed by atoms with van der Waals surface area (Å²) in [6, 6.07) is 20.6. The van der Waals surface area contributed by atoms with E-state index in [1.54, 1.807) is 43.1 Å². The number of nitrogens with zero attached hydrogens (tertiary/aromatic N) is 2. The van der Waals surface area contributed by atoms with Crippen LogP contribution in [0, 0.1) is 17.0 Å². The Labute approximate surface area is 174 Å². The number of carbonyl (C=O) groups excluding carboxylic acids is 2. The monoisotopic (exact) mass is 403 g/mol. The van der Waals surface area contributed by atoms with Crippen molar-refractivity contribution < 1.29 is 14.5 Å². The summed E-state index contributed by atoms with van der Waals surface area (Å²) in [6.45, 7) is 2.03. The molecule has 3 rings (SSSR count). The second-order valence-electron chi connectivity index (χ2n) is 6.90. The highest BCUT2D eigenvalue weighted by atomic mass is 16.6. The molecule has 0 spiro atoms. The molecule has 0 unspecified atom stereocenters. The molecule has 0 fully saturated rings. The smallest absolute Gasteiger partial charge is 0.273 e. The zero-order valence-corrected chi connectivity index (χ0v) is 16.7. The zero-order valence-electron chi connectivity index (χ0n) is 16.7. The minimum atomic E-state index is -0.526. The van der Waals surface area contributed by atoms with Gasteiger partial charge in [0.25, 0.3) is 17.5 Å². The van der Waals surface area contributed by atoms with Crippen molar-refractivity contribution in [3.63, 3.8) is 0 Å². The number of nitrogens with one attached hydrogen (secondary N) is 1. The van der Waals surface area contributed by atoms with Gasteiger partial charge in [-0.15, -0.1) is 0 Å². The first-order valence-electron chi connectivity index (χ1n) is 9.31. The van der Waals surface area contributed by atoms with Gasteiger partial charge in [-0.1, -0.05) is 48.5 Å². The summed E-state index contributed by atoms with van der Waals surface area (Å²) in [5.74, 6) is -0.770. The summed E-state index contributed by atoms with van der Waals surface area (Å²) in [4.78, 5) is 37.8. The topological polar surface area (TPSA) is 92.6 Å². The van der Waals surface area contributed by atoms with Crippen LogP contribution in [0.1, 0.15) is 31.8 Å². The van der Waals surface area contributed by atoms with Crippen molar-refractivity contribution >= 4 is 23.2 Å². The Bertz CT molecular complexity index is 1100. The Morgan fingerprint density at radius 3 is 2.37 bits per heavy atom. The van der Waals surface area contributed by atoms with Crippen LogP contribution in [-0.2, 0) is 6.54 Å². The molecule has 7 nitrogen and oxygen atoms in total. The van der Waals surface area contributed by atoms with Crippen LogP contribution in [0.4, 0.5) is 11.4 Å². The minimum Gasteiger partial charge on any atom is -0.337 e. The molecule has 3 aromatic rings. The first-order valence-corrected chi connectivity index (χ1v) is 9.31. The fraction of sp³-hybridized carbons (Fsp3) is 0.130. The van der Waals surface area contributed by atoms with Crippen molar-refractivity contribution in [1.82, 2.24) is 4.90 Å². The van der Waals surface area contributed by atoms with E-state index in [-0.39, 0.29) is 17.2 Å². The molecule has 0 saturated heterocycles. The third-order valence-corrected chi connectivity index (χ3v) is 4.68. The highest BCUT2D eigenvalue weighted by molar-refractivity contribution is 6.09. The van der Waals surface area contributed by atoms with Crippen molar-refractivity contribution in [3.05, 3.63) is 105 Å². The van der Waals surface area contributed by atoms with Crippen molar-refractivity contribution in [1.29, 1.82) is 0 Å². The van der Waals surface area contributed by atoms with Crippen LogP contribution in [0.5, 0.6) is 0 Å². The van der Waals surface area contributed by atoms with Crippen LogP contribution in [0.3, 0.4) is 0 Å². The lowest BCUT2D eigenvalue weighted by Crippen LogP contribution is -2.27. The number of rotatable bonds is 6. The fourth-order valence-electron chi connectivity index (χ4n) is 3.06. The van der Waals surface area contributed by atoms with E-state index < -0.39 is 10.8 Å². The van der Waals surface area contributed by atoms with E-state index in [1.807, 2.05) is 30.3 Å². The number of benzene rings is 3. The number of hydrogen-bond acceptors (Lipinski definition) is 4. The molecule has 2 amide bonds. The largest absolute Gasteiger partial charge is 0.337 e. The van der Waals surface area contributed by atoms with Crippen LogP contribution < -0.4 is 5.32 Å². The van der Waals surface area contributed by atoms with Gasteiger partial charge in [0.2, 0.25) is 0 Å². The summed E-state index contributed by atoms with van der Waals surface area (Å²) in [5.41, 5.74) is 2.15. The molecule has 0 bridgehead atoms. The maximum atomic E-state index is 13.0. The van der Waals surface area contributed by atoms with Gasteiger partial charge in [0.05, 0.1) is 16.2 Å². The first kappa shape index (κ1) is 20.7. The third kappa shape index (κ3) is 4.70. The van der Waals surface area contributed by atoms with Gasteiger partial charge in [0.1, 0.15) is 0 Å². The molecular weight excluding hydrogens is 382 g/mol. The van der Waals surface area contributed by atoms with Crippen molar-refractivity contribution in [2.24, 2.45) is 0 Å². The van der Waals surface area contributed by atoms with Crippen LogP contribution in [-0.4, -0.2) is 28.7 Å². The maximum Gasteiger partial charge on any atom is 0.273 e. The molecule has 0 aliphatic carbocycles. The number of nitro benzene ring substituents is 1. The molecule has 30 heavy (non-hydrogen) atoms. The van der Waals surface area contributed by atoms with Gasteiger partial charge in [-0.05, 0) is 30.7 Å². The molecule has 0 radical (unpaired) electrons. The van der Waals surface area contributed by atoms with Gasteiger partial charge in [-0.25, -0.2) is 0 Å². The molecule has 0 saturated carbocycles. The number of hydrogen-bond donors (Lipinski definition) is 1. The molecule has 0 aliphatic rings. The van der Waals surface area contributed by atoms with Gasteiger partial charge in [-0.2, -0.15) is 0 Å². The Hall–Kier alpha value is -4.00. The molecular formula is C23H21N3O4. The summed E-state index contributed by atoms with van der Waals surface area (Å²) in [5, 5.41) is 13.9. The lowest BCUT2D eigenvalue weighted by Gasteiger charge is -2.19. The summed E-state index contributed by atoms with van der Waals surface area (Å²) >= 11 is 0. The van der Waals surface area contributed by atoms with E-state index in [0.717, 1.165) is 5.56 Å². The number of nitro groups is 1. The maximum absolute atomic E-state index is 13.0. The van der Waals surface area contributed by atoms with Crippen molar-refractivity contribution in [2.45, 2.75) is 13.5 Å². The SMILES string of the molecule is Cc1ccc(C(=O)Nc2ccccc2C(=O)N(C)Cc2ccccc2)cc1[N+](=O)[O-]. The molecule has 0 aromatic heterocycles. The second kappa shape index (κ2) is 9.00. The predicted octanol–water partition coefficient (Wildman–Crippen LogP) is 4.43. The average molecular weight is 403 g/mol. The third-order valence-electron chi connectivity index (χ3n) is 4.68. The lowest BCUT2D eigenvalue weighted by molar-refractivity contribution is -0.385. The van der Waals surface area contributed by atoms with E-state index in [4.69, 9.17) is 0 Å². The Kier molecular flexibility index (Phi) is 6.22. The molecule has 0 heterocycles. The normalized spacial score (nSPS) is 10.3. The van der Waals surface area contributed by atoms with Gasteiger partial charge in [0, 0.05) is 30.8 Å². The van der Waals surface area contributed by atoms with Crippen LogP contribution in [0.25, 0.3) is 0 Å². The van der Waals surface area contributed by atoms with Gasteiger partial charge in [0.15, 0.2) is 0 Å². The Balaban J connectivity index is 1.81. The fourth-order valence-corrected chi connectivity index (χ4v) is 3.06. The van der Waals surface area contributed by atoms with E-state index in [9.17, 15) is 19.7 Å². The first-order chi connectivity index (χ1) is 14.4. The minimum absolute atomic E-state index is 0.130. The van der Waals surface area contributed by atoms with Crippen molar-refractivity contribution in [2.75, 3.05) is 12.4 Å². The van der Waals surface area contributed by atoms with E-state index in [1.165, 1.54) is 18.2 Å². The van der Waals surface area contributed by atoms with E-state index in [0.29, 0.717) is 23.4 Å². The number of carbonyl (C=O) groups is 2. The Morgan fingerprint density at radius 1 is 1.00 bits per heavy atom. The van der Waals surface area contributed by atoms with Gasteiger partial charge >= 0.3 is 0 Å². The second-order valence-corrected chi connectivity index (χ2v) is 6.90. The molecule has 7 heteroatoms. The number of para-hydroxylation sites is 1. The molecule has 152 valence electrons. The zero-order chi connectivity index (χ0) is 21.7. The molecule has 0 aliphatic heterocycles. The number of anilines is 1. The standard InChI is InChI=1S/C23H21N3O4/c1-16-12-13-18(14-21(16)26(29)30)22(27)24-20-11-7-6-10-19(20)23(28)25(2)15-17-8-4-3-5-9-17/h3-14H,15H2,1-2H3,(H,24,27).